The van der Waals surface area contributed by atoms with E-state index in [-0.39, 0.29) is 5.78 Å². The largest absolute Gasteiger partial charge is 0.455 e. The van der Waals surface area contributed by atoms with Gasteiger partial charge in [-0.05, 0) is 53.2 Å². The van der Waals surface area contributed by atoms with Crippen LogP contribution in [0.4, 0.5) is 0 Å². The predicted molar refractivity (Wildman–Crippen MR) is 75.7 cm³/mol. The number of para-hydroxylation sites is 1. The summed E-state index contributed by atoms with van der Waals surface area (Å²) in [6.07, 6.45) is 0. The Hall–Kier alpha value is -1.32. The quantitative estimate of drug-likeness (QED) is 0.734. The molecule has 18 heavy (non-hydrogen) atoms. The molecule has 0 amide bonds. The number of carbonyl (C=O) groups excluding carboxylic acids is 1. The van der Waals surface area contributed by atoms with Crippen molar-refractivity contribution in [2.75, 3.05) is 0 Å². The second-order valence-corrected chi connectivity index (χ2v) is 5.00. The van der Waals surface area contributed by atoms with E-state index < -0.39 is 0 Å². The minimum atomic E-state index is 0.0139. The zero-order valence-electron chi connectivity index (χ0n) is 9.61. The summed E-state index contributed by atoms with van der Waals surface area (Å²) < 4.78 is 6.40. The highest BCUT2D eigenvalue weighted by Gasteiger charge is 2.08. The van der Waals surface area contributed by atoms with Crippen molar-refractivity contribution < 1.29 is 9.53 Å². The SMILES string of the molecule is CC(=O)c1ccc(Oc2ccccc2Cl)c(Br)c1. The van der Waals surface area contributed by atoms with Crippen molar-refractivity contribution in [1.29, 1.82) is 0 Å². The fourth-order valence-corrected chi connectivity index (χ4v) is 2.08. The molecular formula is C14H10BrClO2. The molecule has 2 rings (SSSR count). The number of benzene rings is 2. The van der Waals surface area contributed by atoms with Crippen LogP contribution in [0, 0.1) is 0 Å². The fourth-order valence-electron chi connectivity index (χ4n) is 1.45. The summed E-state index contributed by atoms with van der Waals surface area (Å²) in [5.74, 6) is 1.21. The first-order chi connectivity index (χ1) is 8.58. The zero-order valence-corrected chi connectivity index (χ0v) is 12.0. The number of rotatable bonds is 3. The van der Waals surface area contributed by atoms with Gasteiger partial charge >= 0.3 is 0 Å². The Morgan fingerprint density at radius 3 is 2.50 bits per heavy atom. The summed E-state index contributed by atoms with van der Waals surface area (Å²) in [6, 6.07) is 12.4. The van der Waals surface area contributed by atoms with Gasteiger partial charge < -0.3 is 4.74 Å². The number of carbonyl (C=O) groups is 1. The van der Waals surface area contributed by atoms with Crippen LogP contribution < -0.4 is 4.74 Å². The maximum atomic E-state index is 11.2. The fraction of sp³-hybridized carbons (Fsp3) is 0.0714. The second-order valence-electron chi connectivity index (χ2n) is 3.73. The maximum Gasteiger partial charge on any atom is 0.159 e. The molecule has 4 heteroatoms. The van der Waals surface area contributed by atoms with Gasteiger partial charge in [0.05, 0.1) is 9.50 Å². The van der Waals surface area contributed by atoms with E-state index in [0.29, 0.717) is 22.1 Å². The molecule has 0 saturated carbocycles. The van der Waals surface area contributed by atoms with Crippen molar-refractivity contribution in [3.05, 3.63) is 57.5 Å². The molecule has 0 N–H and O–H groups in total. The number of ketones is 1. The molecule has 92 valence electrons. The van der Waals surface area contributed by atoms with E-state index in [0.717, 1.165) is 4.47 Å². The van der Waals surface area contributed by atoms with Crippen LogP contribution in [0.2, 0.25) is 5.02 Å². The van der Waals surface area contributed by atoms with Crippen LogP contribution >= 0.6 is 27.5 Å². The first-order valence-corrected chi connectivity index (χ1v) is 6.48. The minimum absolute atomic E-state index is 0.0139. The zero-order chi connectivity index (χ0) is 13.1. The Morgan fingerprint density at radius 2 is 1.89 bits per heavy atom. The summed E-state index contributed by atoms with van der Waals surface area (Å²) in [5.41, 5.74) is 0.633. The van der Waals surface area contributed by atoms with E-state index >= 15 is 0 Å². The highest BCUT2D eigenvalue weighted by molar-refractivity contribution is 9.10. The number of halogens is 2. The smallest absolute Gasteiger partial charge is 0.159 e. The minimum Gasteiger partial charge on any atom is -0.455 e. The standard InChI is InChI=1S/C14H10BrClO2/c1-9(17)10-6-7-13(11(15)8-10)18-14-5-3-2-4-12(14)16/h2-8H,1H3. The van der Waals surface area contributed by atoms with E-state index in [1.807, 2.05) is 12.1 Å². The Kier molecular flexibility index (Phi) is 4.04. The molecule has 2 aromatic carbocycles. The van der Waals surface area contributed by atoms with Gasteiger partial charge in [-0.3, -0.25) is 4.79 Å². The lowest BCUT2D eigenvalue weighted by atomic mass is 10.1. The molecule has 0 aliphatic heterocycles. The highest BCUT2D eigenvalue weighted by atomic mass is 79.9. The predicted octanol–water partition coefficient (Wildman–Crippen LogP) is 5.10. The van der Waals surface area contributed by atoms with E-state index in [4.69, 9.17) is 16.3 Å². The summed E-state index contributed by atoms with van der Waals surface area (Å²) in [5, 5.41) is 0.542. The molecule has 0 aliphatic rings. The van der Waals surface area contributed by atoms with E-state index in [1.54, 1.807) is 30.3 Å². The van der Waals surface area contributed by atoms with Crippen molar-refractivity contribution in [1.82, 2.24) is 0 Å². The van der Waals surface area contributed by atoms with E-state index in [9.17, 15) is 4.79 Å². The van der Waals surface area contributed by atoms with Crippen LogP contribution in [0.25, 0.3) is 0 Å². The van der Waals surface area contributed by atoms with Gasteiger partial charge in [-0.25, -0.2) is 0 Å². The Bertz CT molecular complexity index is 596. The van der Waals surface area contributed by atoms with Crippen molar-refractivity contribution >= 4 is 33.3 Å². The van der Waals surface area contributed by atoms with Gasteiger partial charge in [0.1, 0.15) is 11.5 Å². The Morgan fingerprint density at radius 1 is 1.17 bits per heavy atom. The van der Waals surface area contributed by atoms with Crippen LogP contribution in [-0.2, 0) is 0 Å². The van der Waals surface area contributed by atoms with Gasteiger partial charge in [-0.2, -0.15) is 0 Å². The third kappa shape index (κ3) is 2.92. The topological polar surface area (TPSA) is 26.3 Å². The molecule has 0 aliphatic carbocycles. The molecule has 0 heterocycles. The number of Topliss-reactive ketones (excluding diaryl/α,β-unsaturated/α-hetero) is 1. The third-order valence-corrected chi connectivity index (χ3v) is 3.33. The average Bonchev–Trinajstić information content (AvgIpc) is 2.34. The molecule has 0 atom stereocenters. The molecule has 2 nitrogen and oxygen atoms in total. The number of hydrogen-bond acceptors (Lipinski definition) is 2. The van der Waals surface area contributed by atoms with Crippen LogP contribution in [0.3, 0.4) is 0 Å². The molecular weight excluding hydrogens is 316 g/mol. The highest BCUT2D eigenvalue weighted by Crippen LogP contribution is 2.33. The van der Waals surface area contributed by atoms with Crippen molar-refractivity contribution in [3.8, 4) is 11.5 Å². The summed E-state index contributed by atoms with van der Waals surface area (Å²) in [4.78, 5) is 11.2. The molecule has 0 aromatic heterocycles. The van der Waals surface area contributed by atoms with Gasteiger partial charge in [0.15, 0.2) is 5.78 Å². The molecule has 0 saturated heterocycles. The van der Waals surface area contributed by atoms with Crippen LogP contribution in [0.15, 0.2) is 46.9 Å². The molecule has 0 bridgehead atoms. The van der Waals surface area contributed by atoms with E-state index in [2.05, 4.69) is 15.9 Å². The van der Waals surface area contributed by atoms with E-state index in [1.165, 1.54) is 6.92 Å². The summed E-state index contributed by atoms with van der Waals surface area (Å²) in [6.45, 7) is 1.52. The molecule has 0 fully saturated rings. The normalized spacial score (nSPS) is 10.2. The van der Waals surface area contributed by atoms with Gasteiger partial charge in [0, 0.05) is 5.56 Å². The Balaban J connectivity index is 2.30. The molecule has 2 aromatic rings. The van der Waals surface area contributed by atoms with Gasteiger partial charge in [0.2, 0.25) is 0 Å². The second kappa shape index (κ2) is 5.55. The van der Waals surface area contributed by atoms with Gasteiger partial charge in [-0.15, -0.1) is 0 Å². The lowest BCUT2D eigenvalue weighted by Crippen LogP contribution is -1.93. The van der Waals surface area contributed by atoms with Crippen molar-refractivity contribution in [2.24, 2.45) is 0 Å². The average molecular weight is 326 g/mol. The first kappa shape index (κ1) is 13.1. The summed E-state index contributed by atoms with van der Waals surface area (Å²) in [7, 11) is 0. The van der Waals surface area contributed by atoms with Crippen molar-refractivity contribution in [2.45, 2.75) is 6.92 Å². The molecule has 0 unspecified atom stereocenters. The van der Waals surface area contributed by atoms with Crippen LogP contribution in [-0.4, -0.2) is 5.78 Å². The third-order valence-electron chi connectivity index (χ3n) is 2.39. The Labute approximate surface area is 119 Å². The first-order valence-electron chi connectivity index (χ1n) is 5.31. The molecule has 0 radical (unpaired) electrons. The van der Waals surface area contributed by atoms with Crippen molar-refractivity contribution in [3.63, 3.8) is 0 Å². The number of hydrogen-bond donors (Lipinski definition) is 0. The number of ether oxygens (including phenoxy) is 1. The maximum absolute atomic E-state index is 11.2. The van der Waals surface area contributed by atoms with Gasteiger partial charge in [-0.1, -0.05) is 23.7 Å². The summed E-state index contributed by atoms with van der Waals surface area (Å²) >= 11 is 9.39. The van der Waals surface area contributed by atoms with Crippen LogP contribution in [0.1, 0.15) is 17.3 Å². The van der Waals surface area contributed by atoms with Crippen LogP contribution in [0.5, 0.6) is 11.5 Å². The lowest BCUT2D eigenvalue weighted by Gasteiger charge is -2.09. The molecule has 0 spiro atoms. The monoisotopic (exact) mass is 324 g/mol. The van der Waals surface area contributed by atoms with Gasteiger partial charge in [0.25, 0.3) is 0 Å². The lowest BCUT2D eigenvalue weighted by molar-refractivity contribution is 0.101.